The molecule has 0 atom stereocenters. The molecule has 4 rings (SSSR count). The van der Waals surface area contributed by atoms with Crippen molar-refractivity contribution >= 4 is 16.9 Å². The third-order valence-corrected chi connectivity index (χ3v) is 4.23. The first-order valence-corrected chi connectivity index (χ1v) is 7.77. The van der Waals surface area contributed by atoms with Gasteiger partial charge in [0.25, 0.3) is 0 Å². The number of carbonyl (C=O) groups excluding carboxylic acids is 1. The number of nitrogens with two attached hydrogens (primary N) is 1. The standard InChI is InChI=1S/C20H13NO5/c21-20(25)10-1-4-13(16(24)7-10)19-14-5-2-11(22)8-17(14)26-18-9-12(23)3-6-15(18)19/h1-9,22,24H,(H2,21,25). The summed E-state index contributed by atoms with van der Waals surface area (Å²) >= 11 is 0. The van der Waals surface area contributed by atoms with E-state index in [1.165, 1.54) is 36.4 Å². The van der Waals surface area contributed by atoms with Gasteiger partial charge in [-0.25, -0.2) is 0 Å². The second-order valence-electron chi connectivity index (χ2n) is 5.91. The van der Waals surface area contributed by atoms with Gasteiger partial charge in [0.15, 0.2) is 5.43 Å². The van der Waals surface area contributed by atoms with E-state index in [4.69, 9.17) is 10.2 Å². The Kier molecular flexibility index (Phi) is 3.40. The molecule has 0 saturated heterocycles. The van der Waals surface area contributed by atoms with E-state index in [1.807, 2.05) is 0 Å². The second-order valence-corrected chi connectivity index (χ2v) is 5.91. The van der Waals surface area contributed by atoms with Crippen molar-refractivity contribution in [1.29, 1.82) is 0 Å². The van der Waals surface area contributed by atoms with Gasteiger partial charge in [-0.3, -0.25) is 9.59 Å². The minimum Gasteiger partial charge on any atom is -0.508 e. The lowest BCUT2D eigenvalue weighted by Gasteiger charge is -2.16. The van der Waals surface area contributed by atoms with Crippen LogP contribution < -0.4 is 11.2 Å². The zero-order valence-corrected chi connectivity index (χ0v) is 13.4. The van der Waals surface area contributed by atoms with Crippen molar-refractivity contribution in [3.8, 4) is 33.9 Å². The Morgan fingerprint density at radius 1 is 0.923 bits per heavy atom. The van der Waals surface area contributed by atoms with Crippen molar-refractivity contribution in [2.24, 2.45) is 5.73 Å². The summed E-state index contributed by atoms with van der Waals surface area (Å²) in [7, 11) is 0. The number of amides is 1. The molecule has 6 heteroatoms. The first kappa shape index (κ1) is 15.7. The van der Waals surface area contributed by atoms with E-state index in [0.717, 1.165) is 0 Å². The van der Waals surface area contributed by atoms with Crippen LogP contribution >= 0.6 is 0 Å². The van der Waals surface area contributed by atoms with Crippen molar-refractivity contribution in [3.63, 3.8) is 0 Å². The van der Waals surface area contributed by atoms with Gasteiger partial charge in [0.2, 0.25) is 5.91 Å². The van der Waals surface area contributed by atoms with E-state index >= 15 is 0 Å². The molecule has 6 nitrogen and oxygen atoms in total. The molecule has 2 aliphatic rings. The summed E-state index contributed by atoms with van der Waals surface area (Å²) in [5, 5.41) is 20.9. The predicted octanol–water partition coefficient (Wildman–Crippen LogP) is 3.07. The predicted molar refractivity (Wildman–Crippen MR) is 96.4 cm³/mol. The van der Waals surface area contributed by atoms with Crippen molar-refractivity contribution < 1.29 is 19.4 Å². The van der Waals surface area contributed by atoms with E-state index in [0.29, 0.717) is 33.4 Å². The van der Waals surface area contributed by atoms with Gasteiger partial charge in [-0.1, -0.05) is 0 Å². The third-order valence-electron chi connectivity index (χ3n) is 4.23. The van der Waals surface area contributed by atoms with Crippen LogP contribution in [-0.2, 0) is 0 Å². The maximum absolute atomic E-state index is 11.7. The number of aromatic hydroxyl groups is 2. The van der Waals surface area contributed by atoms with Crippen LogP contribution in [-0.4, -0.2) is 16.1 Å². The van der Waals surface area contributed by atoms with E-state index in [9.17, 15) is 19.8 Å². The van der Waals surface area contributed by atoms with Gasteiger partial charge < -0.3 is 20.4 Å². The molecule has 0 bridgehead atoms. The first-order chi connectivity index (χ1) is 12.4. The zero-order chi connectivity index (χ0) is 18.4. The van der Waals surface area contributed by atoms with Crippen LogP contribution in [0.25, 0.3) is 33.4 Å². The second kappa shape index (κ2) is 5.63. The molecule has 0 spiro atoms. The Morgan fingerprint density at radius 2 is 1.69 bits per heavy atom. The third kappa shape index (κ3) is 2.44. The molecule has 0 radical (unpaired) electrons. The average Bonchev–Trinajstić information content (AvgIpc) is 2.59. The number of hydrogen-bond donors (Lipinski definition) is 3. The van der Waals surface area contributed by atoms with E-state index in [2.05, 4.69) is 0 Å². The topological polar surface area (TPSA) is 114 Å². The largest absolute Gasteiger partial charge is 0.508 e. The van der Waals surface area contributed by atoms with Gasteiger partial charge in [0.1, 0.15) is 22.8 Å². The van der Waals surface area contributed by atoms with Gasteiger partial charge in [0, 0.05) is 39.8 Å². The highest BCUT2D eigenvalue weighted by Crippen LogP contribution is 2.43. The number of fused-ring (bicyclic) bond motifs is 2. The molecule has 4 N–H and O–H groups in total. The number of carbonyl (C=O) groups is 1. The zero-order valence-electron chi connectivity index (χ0n) is 13.4. The molecule has 1 amide bonds. The SMILES string of the molecule is NC(=O)c1ccc(-c2c3ccc(=O)cc-3oc3cc(O)ccc23)c(O)c1. The van der Waals surface area contributed by atoms with Crippen LogP contribution in [0, 0.1) is 0 Å². The molecule has 2 aromatic rings. The summed E-state index contributed by atoms with van der Waals surface area (Å²) in [5.74, 6) is -0.443. The lowest BCUT2D eigenvalue weighted by atomic mass is 9.92. The smallest absolute Gasteiger partial charge is 0.248 e. The van der Waals surface area contributed by atoms with E-state index in [1.54, 1.807) is 18.2 Å². The summed E-state index contributed by atoms with van der Waals surface area (Å²) in [6.07, 6.45) is 0. The van der Waals surface area contributed by atoms with Crippen molar-refractivity contribution in [3.05, 3.63) is 70.4 Å². The molecule has 1 heterocycles. The van der Waals surface area contributed by atoms with E-state index < -0.39 is 5.91 Å². The number of benzene rings is 3. The molecule has 0 fully saturated rings. The Balaban J connectivity index is 2.13. The number of phenols is 2. The van der Waals surface area contributed by atoms with Gasteiger partial charge in [-0.2, -0.15) is 0 Å². The number of rotatable bonds is 2. The molecule has 1 aliphatic heterocycles. The molecule has 0 saturated carbocycles. The molecule has 26 heavy (non-hydrogen) atoms. The van der Waals surface area contributed by atoms with E-state index in [-0.39, 0.29) is 22.5 Å². The normalized spacial score (nSPS) is 11.1. The van der Waals surface area contributed by atoms with Gasteiger partial charge in [-0.05, 0) is 42.5 Å². The summed E-state index contributed by atoms with van der Waals surface area (Å²) in [4.78, 5) is 23.0. The highest BCUT2D eigenvalue weighted by molar-refractivity contribution is 6.04. The van der Waals surface area contributed by atoms with Crippen LogP contribution in [0.4, 0.5) is 0 Å². The fraction of sp³-hybridized carbons (Fsp3) is 0. The molecule has 1 aliphatic carbocycles. The Bertz CT molecular complexity index is 1210. The molecule has 128 valence electrons. The minimum atomic E-state index is -0.648. The summed E-state index contributed by atoms with van der Waals surface area (Å²) in [5.41, 5.74) is 7.26. The highest BCUT2D eigenvalue weighted by atomic mass is 16.3. The molecule has 0 aromatic heterocycles. The maximum Gasteiger partial charge on any atom is 0.248 e. The van der Waals surface area contributed by atoms with Crippen molar-refractivity contribution in [2.75, 3.05) is 0 Å². The van der Waals surface area contributed by atoms with Gasteiger partial charge in [-0.15, -0.1) is 0 Å². The first-order valence-electron chi connectivity index (χ1n) is 7.77. The average molecular weight is 347 g/mol. The highest BCUT2D eigenvalue weighted by Gasteiger charge is 2.20. The Morgan fingerprint density at radius 3 is 2.42 bits per heavy atom. The van der Waals surface area contributed by atoms with Gasteiger partial charge >= 0.3 is 0 Å². The van der Waals surface area contributed by atoms with Crippen LogP contribution in [0.1, 0.15) is 10.4 Å². The molecular weight excluding hydrogens is 334 g/mol. The number of primary amides is 1. The maximum atomic E-state index is 11.7. The van der Waals surface area contributed by atoms with Crippen molar-refractivity contribution in [1.82, 2.24) is 0 Å². The summed E-state index contributed by atoms with van der Waals surface area (Å²) in [6, 6.07) is 13.4. The summed E-state index contributed by atoms with van der Waals surface area (Å²) < 4.78 is 5.76. The van der Waals surface area contributed by atoms with Gasteiger partial charge in [0.05, 0.1) is 0 Å². The van der Waals surface area contributed by atoms with Crippen LogP contribution in [0.2, 0.25) is 0 Å². The molecule has 2 aromatic carbocycles. The number of phenolic OH excluding ortho intramolecular Hbond substituents is 2. The number of hydrogen-bond acceptors (Lipinski definition) is 5. The molecular formula is C20H13NO5. The monoisotopic (exact) mass is 347 g/mol. The fourth-order valence-corrected chi connectivity index (χ4v) is 3.05. The van der Waals surface area contributed by atoms with Crippen LogP contribution in [0.15, 0.2) is 63.8 Å². The lowest BCUT2D eigenvalue weighted by Crippen LogP contribution is -2.10. The quantitative estimate of drug-likeness (QED) is 0.482. The minimum absolute atomic E-state index is 0.0122. The van der Waals surface area contributed by atoms with Crippen LogP contribution in [0.3, 0.4) is 0 Å². The van der Waals surface area contributed by atoms with Crippen molar-refractivity contribution in [2.45, 2.75) is 0 Å². The summed E-state index contributed by atoms with van der Waals surface area (Å²) in [6.45, 7) is 0. The lowest BCUT2D eigenvalue weighted by molar-refractivity contribution is 0.1000. The Hall–Kier alpha value is -3.80. The molecule has 0 unspecified atom stereocenters. The Labute approximate surface area is 147 Å². The van der Waals surface area contributed by atoms with Crippen LogP contribution in [0.5, 0.6) is 11.5 Å². The fourth-order valence-electron chi connectivity index (χ4n) is 3.05.